The van der Waals surface area contributed by atoms with Crippen molar-refractivity contribution in [1.82, 2.24) is 25.5 Å². The number of rotatable bonds is 6. The molecule has 0 spiro atoms. The maximum Gasteiger partial charge on any atom is 0.490 e. The first-order valence-electron chi connectivity index (χ1n) is 8.53. The van der Waals surface area contributed by atoms with Crippen LogP contribution in [0.3, 0.4) is 0 Å². The molecule has 14 heteroatoms. The number of aromatic amines is 1. The number of hydrogen-bond acceptors (Lipinski definition) is 9. The summed E-state index contributed by atoms with van der Waals surface area (Å²) in [7, 11) is 3.04. The van der Waals surface area contributed by atoms with E-state index in [1.54, 1.807) is 18.4 Å². The number of tetrazole rings is 1. The molecule has 3 heterocycles. The smallest absolute Gasteiger partial charge is 0.475 e. The van der Waals surface area contributed by atoms with Gasteiger partial charge >= 0.3 is 18.1 Å². The van der Waals surface area contributed by atoms with Gasteiger partial charge < -0.3 is 14.6 Å². The Kier molecular flexibility index (Phi) is 7.86. The lowest BCUT2D eigenvalue weighted by Gasteiger charge is -2.25. The van der Waals surface area contributed by atoms with Crippen LogP contribution in [0.2, 0.25) is 0 Å². The fourth-order valence-electron chi connectivity index (χ4n) is 3.00. The highest BCUT2D eigenvalue weighted by Gasteiger charge is 2.45. The van der Waals surface area contributed by atoms with Crippen LogP contribution < -0.4 is 0 Å². The van der Waals surface area contributed by atoms with Crippen LogP contribution in [0, 0.1) is 5.41 Å². The van der Waals surface area contributed by atoms with Crippen LogP contribution in [-0.2, 0) is 25.6 Å². The van der Waals surface area contributed by atoms with Gasteiger partial charge in [0.1, 0.15) is 5.41 Å². The van der Waals surface area contributed by atoms with Crippen LogP contribution in [0.25, 0.3) is 10.7 Å². The van der Waals surface area contributed by atoms with Crippen molar-refractivity contribution in [1.29, 1.82) is 0 Å². The number of esters is 1. The highest BCUT2D eigenvalue weighted by Crippen LogP contribution is 2.34. The molecular weight excluding hydrogens is 431 g/mol. The number of aliphatic carboxylic acids is 1. The molecule has 30 heavy (non-hydrogen) atoms. The topological polar surface area (TPSA) is 131 Å². The molecule has 0 bridgehead atoms. The second kappa shape index (κ2) is 9.95. The number of carboxylic acids is 1. The zero-order chi connectivity index (χ0) is 22.4. The molecule has 0 amide bonds. The van der Waals surface area contributed by atoms with Gasteiger partial charge in [0, 0.05) is 25.1 Å². The Bertz CT molecular complexity index is 845. The number of carbonyl (C=O) groups is 2. The van der Waals surface area contributed by atoms with E-state index in [0.717, 1.165) is 24.4 Å². The molecule has 2 aromatic heterocycles. The summed E-state index contributed by atoms with van der Waals surface area (Å²) < 4.78 is 42.0. The molecule has 1 aliphatic heterocycles. The third-order valence-electron chi connectivity index (χ3n) is 4.32. The largest absolute Gasteiger partial charge is 0.490 e. The van der Waals surface area contributed by atoms with Gasteiger partial charge in [0.05, 0.1) is 18.6 Å². The Balaban J connectivity index is 0.000000396. The van der Waals surface area contributed by atoms with Crippen LogP contribution >= 0.6 is 11.3 Å². The number of thiophene rings is 1. The van der Waals surface area contributed by atoms with Gasteiger partial charge in [-0.1, -0.05) is 0 Å². The minimum absolute atomic E-state index is 0.194. The van der Waals surface area contributed by atoms with E-state index in [1.807, 2.05) is 6.07 Å². The number of methoxy groups -OCH3 is 2. The highest BCUT2D eigenvalue weighted by atomic mass is 32.1. The molecule has 0 aliphatic carbocycles. The van der Waals surface area contributed by atoms with E-state index in [0.29, 0.717) is 19.0 Å². The molecule has 1 saturated heterocycles. The summed E-state index contributed by atoms with van der Waals surface area (Å²) in [6.07, 6.45) is -4.34. The Morgan fingerprint density at radius 3 is 2.60 bits per heavy atom. The third-order valence-corrected chi connectivity index (χ3v) is 5.39. The SMILES string of the molecule is COCC1(C(=O)OC)CCN(Cc2ccc(-c3nn[nH]n3)s2)C1.O=C(O)C(F)(F)F. The Morgan fingerprint density at radius 1 is 1.37 bits per heavy atom. The summed E-state index contributed by atoms with van der Waals surface area (Å²) in [5, 5.41) is 21.1. The van der Waals surface area contributed by atoms with Crippen LogP contribution in [0.5, 0.6) is 0 Å². The number of likely N-dealkylation sites (tertiary alicyclic amines) is 1. The molecule has 1 fully saturated rings. The molecule has 166 valence electrons. The fourth-order valence-corrected chi connectivity index (χ4v) is 3.98. The molecule has 10 nitrogen and oxygen atoms in total. The van der Waals surface area contributed by atoms with Crippen molar-refractivity contribution in [2.45, 2.75) is 19.1 Å². The predicted octanol–water partition coefficient (Wildman–Crippen LogP) is 1.57. The van der Waals surface area contributed by atoms with Crippen molar-refractivity contribution in [3.63, 3.8) is 0 Å². The minimum Gasteiger partial charge on any atom is -0.475 e. The monoisotopic (exact) mass is 451 g/mol. The summed E-state index contributed by atoms with van der Waals surface area (Å²) in [6.45, 7) is 2.65. The average molecular weight is 451 g/mol. The molecule has 1 atom stereocenters. The molecule has 1 unspecified atom stereocenters. The van der Waals surface area contributed by atoms with Crippen LogP contribution in [0.15, 0.2) is 12.1 Å². The lowest BCUT2D eigenvalue weighted by molar-refractivity contribution is -0.192. The van der Waals surface area contributed by atoms with Gasteiger partial charge in [-0.2, -0.15) is 18.4 Å². The Morgan fingerprint density at radius 2 is 2.07 bits per heavy atom. The summed E-state index contributed by atoms with van der Waals surface area (Å²) in [5.41, 5.74) is -0.558. The number of carboxylic acid groups (broad SMARTS) is 1. The molecule has 2 aromatic rings. The highest BCUT2D eigenvalue weighted by molar-refractivity contribution is 7.15. The van der Waals surface area contributed by atoms with Crippen molar-refractivity contribution in [3.8, 4) is 10.7 Å². The van der Waals surface area contributed by atoms with Crippen molar-refractivity contribution in [2.75, 3.05) is 33.9 Å². The molecule has 0 saturated carbocycles. The van der Waals surface area contributed by atoms with Crippen LogP contribution in [0.4, 0.5) is 13.2 Å². The summed E-state index contributed by atoms with van der Waals surface area (Å²) >= 11 is 1.63. The predicted molar refractivity (Wildman–Crippen MR) is 97.4 cm³/mol. The van der Waals surface area contributed by atoms with E-state index in [2.05, 4.69) is 31.6 Å². The Hall–Kier alpha value is -2.58. The minimum atomic E-state index is -5.08. The first kappa shape index (κ1) is 23.7. The van der Waals surface area contributed by atoms with E-state index < -0.39 is 17.6 Å². The van der Waals surface area contributed by atoms with Gasteiger partial charge in [0.15, 0.2) is 0 Å². The maximum atomic E-state index is 12.1. The van der Waals surface area contributed by atoms with Gasteiger partial charge in [-0.3, -0.25) is 9.69 Å². The number of hydrogen-bond donors (Lipinski definition) is 2. The lowest BCUT2D eigenvalue weighted by atomic mass is 9.88. The molecule has 3 rings (SSSR count). The lowest BCUT2D eigenvalue weighted by Crippen LogP contribution is -2.39. The number of alkyl halides is 3. The summed E-state index contributed by atoms with van der Waals surface area (Å²) in [4.78, 5) is 25.5. The van der Waals surface area contributed by atoms with Gasteiger partial charge in [-0.15, -0.1) is 21.5 Å². The maximum absolute atomic E-state index is 12.1. The van der Waals surface area contributed by atoms with Gasteiger partial charge in [0.25, 0.3) is 0 Å². The zero-order valence-corrected chi connectivity index (χ0v) is 16.9. The number of aromatic nitrogens is 4. The second-order valence-electron chi connectivity index (χ2n) is 6.47. The standard InChI is InChI=1S/C14H19N5O3S.C2HF3O2/c1-21-9-14(13(20)22-2)5-6-19(8-14)7-10-3-4-11(23-10)12-15-17-18-16-12;3-2(4,5)1(6)7/h3-4H,5-9H2,1-2H3,(H,15,16,17,18);(H,6,7). The molecule has 0 radical (unpaired) electrons. The van der Waals surface area contributed by atoms with E-state index >= 15 is 0 Å². The van der Waals surface area contributed by atoms with Crippen molar-refractivity contribution < 1.29 is 37.3 Å². The first-order chi connectivity index (χ1) is 14.1. The van der Waals surface area contributed by atoms with E-state index in [9.17, 15) is 18.0 Å². The molecule has 2 N–H and O–H groups in total. The fraction of sp³-hybridized carbons (Fsp3) is 0.562. The van der Waals surface area contributed by atoms with Gasteiger partial charge in [0.2, 0.25) is 5.82 Å². The quantitative estimate of drug-likeness (QED) is 0.629. The third kappa shape index (κ3) is 5.96. The Labute approximate surface area is 173 Å². The molecular formula is C16H20F3N5O5S. The number of ether oxygens (including phenoxy) is 2. The number of halogens is 3. The molecule has 0 aromatic carbocycles. The number of H-pyrrole nitrogens is 1. The zero-order valence-electron chi connectivity index (χ0n) is 16.1. The second-order valence-corrected chi connectivity index (χ2v) is 7.64. The number of nitrogens with one attached hydrogen (secondary N) is 1. The number of nitrogens with zero attached hydrogens (tertiary/aromatic N) is 4. The van der Waals surface area contributed by atoms with Crippen LogP contribution in [-0.4, -0.2) is 82.7 Å². The van der Waals surface area contributed by atoms with E-state index in [-0.39, 0.29) is 5.97 Å². The van der Waals surface area contributed by atoms with Crippen molar-refractivity contribution >= 4 is 23.3 Å². The van der Waals surface area contributed by atoms with Gasteiger partial charge in [-0.25, -0.2) is 4.79 Å². The first-order valence-corrected chi connectivity index (χ1v) is 9.35. The van der Waals surface area contributed by atoms with Crippen molar-refractivity contribution in [2.24, 2.45) is 5.41 Å². The van der Waals surface area contributed by atoms with Gasteiger partial charge in [-0.05, 0) is 30.3 Å². The molecule has 1 aliphatic rings. The normalized spacial score (nSPS) is 19.2. The average Bonchev–Trinajstić information content (AvgIpc) is 3.42. The number of carbonyl (C=O) groups excluding carboxylic acids is 1. The van der Waals surface area contributed by atoms with E-state index in [1.165, 1.54) is 12.0 Å². The van der Waals surface area contributed by atoms with Crippen molar-refractivity contribution in [3.05, 3.63) is 17.0 Å². The summed E-state index contributed by atoms with van der Waals surface area (Å²) in [5.74, 6) is -2.35. The summed E-state index contributed by atoms with van der Waals surface area (Å²) in [6, 6.07) is 4.05. The van der Waals surface area contributed by atoms with E-state index in [4.69, 9.17) is 19.4 Å². The van der Waals surface area contributed by atoms with Crippen LogP contribution in [0.1, 0.15) is 11.3 Å².